The zero-order valence-electron chi connectivity index (χ0n) is 10.2. The first-order chi connectivity index (χ1) is 8.77. The molecule has 0 spiro atoms. The van der Waals surface area contributed by atoms with Gasteiger partial charge in [-0.2, -0.15) is 0 Å². The van der Waals surface area contributed by atoms with E-state index in [4.69, 9.17) is 4.74 Å². The van der Waals surface area contributed by atoms with Crippen LogP contribution in [-0.4, -0.2) is 12.4 Å². The molecule has 2 heterocycles. The van der Waals surface area contributed by atoms with Gasteiger partial charge in [-0.1, -0.05) is 24.3 Å². The number of aryl methyl sites for hydroxylation is 1. The maximum atomic E-state index is 12.5. The number of thiophene rings is 1. The summed E-state index contributed by atoms with van der Waals surface area (Å²) in [4.78, 5) is 13.6. The third kappa shape index (κ3) is 1.89. The Hall–Kier alpha value is -1.45. The highest BCUT2D eigenvalue weighted by atomic mass is 32.1. The summed E-state index contributed by atoms with van der Waals surface area (Å²) in [6.07, 6.45) is 0.464. The highest BCUT2D eigenvalue weighted by molar-refractivity contribution is 7.10. The van der Waals surface area contributed by atoms with Crippen LogP contribution in [0.3, 0.4) is 0 Å². The van der Waals surface area contributed by atoms with Crippen molar-refractivity contribution >= 4 is 17.1 Å². The molecule has 0 amide bonds. The van der Waals surface area contributed by atoms with E-state index < -0.39 is 6.10 Å². The monoisotopic (exact) mass is 258 g/mol. The number of ketones is 1. The smallest absolute Gasteiger partial charge is 0.197 e. The Morgan fingerprint density at radius 3 is 2.94 bits per heavy atom. The summed E-state index contributed by atoms with van der Waals surface area (Å²) >= 11 is 1.60. The highest BCUT2D eigenvalue weighted by Crippen LogP contribution is 2.31. The van der Waals surface area contributed by atoms with Crippen molar-refractivity contribution in [3.63, 3.8) is 0 Å². The molecule has 18 heavy (non-hydrogen) atoms. The second kappa shape index (κ2) is 4.67. The lowest BCUT2D eigenvalue weighted by atomic mass is 9.93. The van der Waals surface area contributed by atoms with Crippen LogP contribution in [0.4, 0.5) is 0 Å². The van der Waals surface area contributed by atoms with Crippen LogP contribution in [0.2, 0.25) is 0 Å². The van der Waals surface area contributed by atoms with Gasteiger partial charge in [0.25, 0.3) is 0 Å². The molecule has 0 aliphatic carbocycles. The fraction of sp³-hybridized carbons (Fsp3) is 0.267. The molecule has 1 unspecified atom stereocenters. The number of carbonyl (C=O) groups is 1. The number of fused-ring (bicyclic) bond motifs is 1. The van der Waals surface area contributed by atoms with Gasteiger partial charge in [0.05, 0.1) is 6.61 Å². The predicted molar refractivity (Wildman–Crippen MR) is 72.2 cm³/mol. The van der Waals surface area contributed by atoms with Gasteiger partial charge in [0, 0.05) is 10.4 Å². The fourth-order valence-electron chi connectivity index (χ4n) is 2.39. The van der Waals surface area contributed by atoms with Crippen molar-refractivity contribution in [1.29, 1.82) is 0 Å². The summed E-state index contributed by atoms with van der Waals surface area (Å²) in [5.41, 5.74) is 3.05. The summed E-state index contributed by atoms with van der Waals surface area (Å²) in [5.74, 6) is 0.0842. The first kappa shape index (κ1) is 11.6. The molecule has 0 radical (unpaired) electrons. The number of rotatable bonds is 2. The van der Waals surface area contributed by atoms with Crippen molar-refractivity contribution in [2.45, 2.75) is 19.4 Å². The summed E-state index contributed by atoms with van der Waals surface area (Å²) < 4.78 is 5.70. The summed E-state index contributed by atoms with van der Waals surface area (Å²) in [6, 6.07) is 9.95. The molecular weight excluding hydrogens is 244 g/mol. The van der Waals surface area contributed by atoms with Crippen molar-refractivity contribution in [3.05, 3.63) is 57.3 Å². The molecule has 0 saturated carbocycles. The quantitative estimate of drug-likeness (QED) is 0.770. The van der Waals surface area contributed by atoms with Crippen molar-refractivity contribution in [1.82, 2.24) is 0 Å². The van der Waals surface area contributed by atoms with E-state index in [2.05, 4.69) is 6.07 Å². The second-order valence-electron chi connectivity index (χ2n) is 4.45. The Kier molecular flexibility index (Phi) is 3.02. The topological polar surface area (TPSA) is 26.3 Å². The van der Waals surface area contributed by atoms with E-state index in [0.717, 1.165) is 22.4 Å². The SMILES string of the molecule is Cc1sccc1C(=O)C1OCCc2ccccc21. The molecule has 1 atom stereocenters. The molecule has 0 fully saturated rings. The van der Waals surface area contributed by atoms with E-state index in [1.807, 2.05) is 36.6 Å². The first-order valence-electron chi connectivity index (χ1n) is 6.05. The molecule has 1 aliphatic rings. The Morgan fingerprint density at radius 1 is 1.33 bits per heavy atom. The maximum absolute atomic E-state index is 12.5. The number of ether oxygens (including phenoxy) is 1. The van der Waals surface area contributed by atoms with Crippen LogP contribution in [0.1, 0.15) is 32.5 Å². The molecule has 0 saturated heterocycles. The van der Waals surface area contributed by atoms with Gasteiger partial charge in [0.1, 0.15) is 6.10 Å². The fourth-order valence-corrected chi connectivity index (χ4v) is 3.10. The largest absolute Gasteiger partial charge is 0.365 e. The molecule has 1 aliphatic heterocycles. The lowest BCUT2D eigenvalue weighted by Gasteiger charge is -2.24. The molecule has 2 aromatic rings. The lowest BCUT2D eigenvalue weighted by Crippen LogP contribution is -2.23. The van der Waals surface area contributed by atoms with Crippen LogP contribution in [0.15, 0.2) is 35.7 Å². The molecule has 0 N–H and O–H groups in total. The summed E-state index contributed by atoms with van der Waals surface area (Å²) in [5, 5.41) is 1.96. The predicted octanol–water partition coefficient (Wildman–Crippen LogP) is 3.55. The van der Waals surface area contributed by atoms with Crippen LogP contribution < -0.4 is 0 Å². The minimum atomic E-state index is -0.428. The Labute approximate surface area is 110 Å². The number of Topliss-reactive ketones (excluding diaryl/α,β-unsaturated/α-hetero) is 1. The number of hydrogen-bond acceptors (Lipinski definition) is 3. The van der Waals surface area contributed by atoms with E-state index in [1.54, 1.807) is 11.3 Å². The van der Waals surface area contributed by atoms with Crippen LogP contribution in [0, 0.1) is 6.92 Å². The van der Waals surface area contributed by atoms with E-state index in [-0.39, 0.29) is 5.78 Å². The van der Waals surface area contributed by atoms with Crippen LogP contribution in [-0.2, 0) is 11.2 Å². The van der Waals surface area contributed by atoms with E-state index in [0.29, 0.717) is 6.61 Å². The molecule has 0 bridgehead atoms. The van der Waals surface area contributed by atoms with Crippen molar-refractivity contribution in [3.8, 4) is 0 Å². The Balaban J connectivity index is 2.00. The zero-order chi connectivity index (χ0) is 12.5. The first-order valence-corrected chi connectivity index (χ1v) is 6.93. The van der Waals surface area contributed by atoms with Gasteiger partial charge in [-0.05, 0) is 35.9 Å². The Morgan fingerprint density at radius 2 is 2.17 bits per heavy atom. The van der Waals surface area contributed by atoms with Crippen LogP contribution >= 0.6 is 11.3 Å². The van der Waals surface area contributed by atoms with Gasteiger partial charge in [0.15, 0.2) is 5.78 Å². The normalized spacial score (nSPS) is 18.4. The van der Waals surface area contributed by atoms with Crippen molar-refractivity contribution in [2.75, 3.05) is 6.61 Å². The van der Waals surface area contributed by atoms with Crippen LogP contribution in [0.5, 0.6) is 0 Å². The molecule has 1 aromatic carbocycles. The molecular formula is C15H14O2S. The van der Waals surface area contributed by atoms with Crippen LogP contribution in [0.25, 0.3) is 0 Å². The third-order valence-corrected chi connectivity index (χ3v) is 4.20. The van der Waals surface area contributed by atoms with Gasteiger partial charge >= 0.3 is 0 Å². The Bertz CT molecular complexity index is 586. The maximum Gasteiger partial charge on any atom is 0.197 e. The zero-order valence-corrected chi connectivity index (χ0v) is 11.0. The summed E-state index contributed by atoms with van der Waals surface area (Å²) in [7, 11) is 0. The minimum absolute atomic E-state index is 0.0842. The van der Waals surface area contributed by atoms with Crippen molar-refractivity contribution < 1.29 is 9.53 Å². The van der Waals surface area contributed by atoms with E-state index in [1.165, 1.54) is 5.56 Å². The van der Waals surface area contributed by atoms with Gasteiger partial charge in [-0.15, -0.1) is 11.3 Å². The number of benzene rings is 1. The second-order valence-corrected chi connectivity index (χ2v) is 5.57. The van der Waals surface area contributed by atoms with Gasteiger partial charge in [-0.3, -0.25) is 4.79 Å². The molecule has 3 heteroatoms. The molecule has 1 aromatic heterocycles. The van der Waals surface area contributed by atoms with E-state index >= 15 is 0 Å². The molecule has 2 nitrogen and oxygen atoms in total. The standard InChI is InChI=1S/C15H14O2S/c1-10-12(7-9-18-10)14(16)15-13-5-3-2-4-11(13)6-8-17-15/h2-5,7,9,15H,6,8H2,1H3. The van der Waals surface area contributed by atoms with Gasteiger partial charge in [-0.25, -0.2) is 0 Å². The average Bonchev–Trinajstić information content (AvgIpc) is 2.83. The number of carbonyl (C=O) groups excluding carboxylic acids is 1. The minimum Gasteiger partial charge on any atom is -0.365 e. The molecule has 3 rings (SSSR count). The lowest BCUT2D eigenvalue weighted by molar-refractivity contribution is 0.0349. The molecule has 92 valence electrons. The summed E-state index contributed by atoms with van der Waals surface area (Å²) in [6.45, 7) is 2.60. The van der Waals surface area contributed by atoms with E-state index in [9.17, 15) is 4.79 Å². The van der Waals surface area contributed by atoms with Gasteiger partial charge in [0.2, 0.25) is 0 Å². The highest BCUT2D eigenvalue weighted by Gasteiger charge is 2.28. The number of hydrogen-bond donors (Lipinski definition) is 0. The van der Waals surface area contributed by atoms with Crippen molar-refractivity contribution in [2.24, 2.45) is 0 Å². The van der Waals surface area contributed by atoms with Gasteiger partial charge < -0.3 is 4.74 Å². The third-order valence-electron chi connectivity index (χ3n) is 3.36. The average molecular weight is 258 g/mol.